The average molecular weight is 510 g/mol. The number of nitrogens with zero attached hydrogens (tertiary/aromatic N) is 1. The van der Waals surface area contributed by atoms with E-state index in [0.717, 1.165) is 5.56 Å². The predicted octanol–water partition coefficient (Wildman–Crippen LogP) is 2.68. The van der Waals surface area contributed by atoms with Gasteiger partial charge in [0.05, 0.1) is 19.2 Å². The molecular formula is C28H35N3O6. The average Bonchev–Trinajstić information content (AvgIpc) is 3.25. The molecule has 2 aromatic rings. The minimum Gasteiger partial charge on any atom is -0.464 e. The third-order valence-electron chi connectivity index (χ3n) is 5.80. The molecule has 37 heavy (non-hydrogen) atoms. The van der Waals surface area contributed by atoms with Gasteiger partial charge in [-0.05, 0) is 51.8 Å². The third kappa shape index (κ3) is 7.16. The fourth-order valence-corrected chi connectivity index (χ4v) is 4.13. The molecule has 2 aromatic carbocycles. The molecule has 0 unspecified atom stereocenters. The lowest BCUT2D eigenvalue weighted by Gasteiger charge is -2.30. The van der Waals surface area contributed by atoms with Gasteiger partial charge in [0.2, 0.25) is 5.91 Å². The Labute approximate surface area is 217 Å². The van der Waals surface area contributed by atoms with Gasteiger partial charge >= 0.3 is 11.9 Å². The molecule has 0 spiro atoms. The van der Waals surface area contributed by atoms with Crippen LogP contribution in [0.1, 0.15) is 51.8 Å². The Kier molecular flexibility index (Phi) is 9.04. The molecule has 9 heteroatoms. The number of amides is 2. The van der Waals surface area contributed by atoms with E-state index < -0.39 is 47.5 Å². The highest BCUT2D eigenvalue weighted by molar-refractivity contribution is 6.06. The minimum absolute atomic E-state index is 0.166. The molecule has 0 bridgehead atoms. The van der Waals surface area contributed by atoms with Crippen LogP contribution in [0.4, 0.5) is 5.69 Å². The molecule has 1 heterocycles. The van der Waals surface area contributed by atoms with E-state index in [0.29, 0.717) is 17.7 Å². The van der Waals surface area contributed by atoms with E-state index in [1.165, 1.54) is 4.90 Å². The van der Waals surface area contributed by atoms with Crippen molar-refractivity contribution in [2.45, 2.75) is 64.8 Å². The van der Waals surface area contributed by atoms with Crippen LogP contribution in [0.15, 0.2) is 54.6 Å². The van der Waals surface area contributed by atoms with Crippen LogP contribution in [0.2, 0.25) is 0 Å². The van der Waals surface area contributed by atoms with Crippen molar-refractivity contribution in [3.63, 3.8) is 0 Å². The summed E-state index contributed by atoms with van der Waals surface area (Å²) in [6.07, 6.45) is 0.323. The van der Waals surface area contributed by atoms with Crippen LogP contribution >= 0.6 is 0 Å². The number of carbonyl (C=O) groups excluding carboxylic acids is 4. The first-order valence-electron chi connectivity index (χ1n) is 12.4. The molecule has 0 saturated carbocycles. The van der Waals surface area contributed by atoms with Crippen LogP contribution in [0, 0.1) is 0 Å². The van der Waals surface area contributed by atoms with Gasteiger partial charge in [-0.15, -0.1) is 0 Å². The number of hydrogen-bond acceptors (Lipinski definition) is 7. The van der Waals surface area contributed by atoms with Crippen molar-refractivity contribution in [1.29, 1.82) is 0 Å². The maximum atomic E-state index is 14.0. The molecular weight excluding hydrogens is 474 g/mol. The Morgan fingerprint density at radius 1 is 1.03 bits per heavy atom. The van der Waals surface area contributed by atoms with Crippen molar-refractivity contribution in [3.05, 3.63) is 65.7 Å². The molecule has 0 fully saturated rings. The van der Waals surface area contributed by atoms with Crippen molar-refractivity contribution < 1.29 is 28.7 Å². The number of hydrogen-bond donors (Lipinski definition) is 2. The highest BCUT2D eigenvalue weighted by atomic mass is 16.6. The number of esters is 2. The molecule has 1 aliphatic rings. The first-order chi connectivity index (χ1) is 17.5. The van der Waals surface area contributed by atoms with Crippen LogP contribution in [-0.2, 0) is 35.1 Å². The largest absolute Gasteiger partial charge is 0.464 e. The van der Waals surface area contributed by atoms with E-state index in [9.17, 15) is 19.2 Å². The Morgan fingerprint density at radius 3 is 2.32 bits per heavy atom. The fraction of sp³-hybridized carbons (Fsp3) is 0.429. The zero-order valence-electron chi connectivity index (χ0n) is 21.9. The second-order valence-electron chi connectivity index (χ2n) is 9.85. The minimum atomic E-state index is -1.07. The number of nitrogens with one attached hydrogen (secondary N) is 2. The van der Waals surface area contributed by atoms with E-state index in [4.69, 9.17) is 9.47 Å². The molecule has 198 valence electrons. The topological polar surface area (TPSA) is 114 Å². The van der Waals surface area contributed by atoms with Gasteiger partial charge in [0.25, 0.3) is 5.91 Å². The molecule has 2 N–H and O–H groups in total. The summed E-state index contributed by atoms with van der Waals surface area (Å²) in [6, 6.07) is 13.4. The summed E-state index contributed by atoms with van der Waals surface area (Å²) in [7, 11) is 0. The number of para-hydroxylation sites is 1. The van der Waals surface area contributed by atoms with Crippen LogP contribution in [0.25, 0.3) is 0 Å². The first-order valence-corrected chi connectivity index (χ1v) is 12.4. The van der Waals surface area contributed by atoms with E-state index in [1.54, 1.807) is 71.0 Å². The molecule has 3 atom stereocenters. The van der Waals surface area contributed by atoms with E-state index in [1.807, 2.05) is 18.2 Å². The highest BCUT2D eigenvalue weighted by Gasteiger charge is 2.42. The second kappa shape index (κ2) is 12.0. The van der Waals surface area contributed by atoms with Crippen LogP contribution < -0.4 is 15.5 Å². The van der Waals surface area contributed by atoms with Gasteiger partial charge in [-0.3, -0.25) is 24.6 Å². The molecule has 0 saturated heterocycles. The van der Waals surface area contributed by atoms with Crippen molar-refractivity contribution in [3.8, 4) is 0 Å². The third-order valence-corrected chi connectivity index (χ3v) is 5.80. The standard InChI is InChI=1S/C28H35N3O6/c1-6-36-27(35)22-16-20-14-10-11-15-21(20)31(22)26(34)24(19-12-8-7-9-13-19)30-25(33)18(2)29-17-23(32)37-28(3,4)5/h7-15,18,22,24,29H,6,16-17H2,1-5H3,(H,30,33)/t18-,22-,24-/m0/s1. The first kappa shape index (κ1) is 27.9. The van der Waals surface area contributed by atoms with Crippen molar-refractivity contribution in [2.24, 2.45) is 0 Å². The van der Waals surface area contributed by atoms with Gasteiger partial charge in [0.1, 0.15) is 17.7 Å². The van der Waals surface area contributed by atoms with E-state index in [-0.39, 0.29) is 13.2 Å². The van der Waals surface area contributed by atoms with Gasteiger partial charge in [0, 0.05) is 12.1 Å². The van der Waals surface area contributed by atoms with E-state index >= 15 is 0 Å². The quantitative estimate of drug-likeness (QED) is 0.500. The molecule has 9 nitrogen and oxygen atoms in total. The summed E-state index contributed by atoms with van der Waals surface area (Å²) in [5.41, 5.74) is 1.37. The maximum Gasteiger partial charge on any atom is 0.329 e. The lowest BCUT2D eigenvalue weighted by Crippen LogP contribution is -2.52. The van der Waals surface area contributed by atoms with Crippen LogP contribution in [0.3, 0.4) is 0 Å². The van der Waals surface area contributed by atoms with Gasteiger partial charge in [-0.1, -0.05) is 48.5 Å². The second-order valence-corrected chi connectivity index (χ2v) is 9.85. The number of rotatable bonds is 9. The van der Waals surface area contributed by atoms with E-state index in [2.05, 4.69) is 10.6 Å². The lowest BCUT2D eigenvalue weighted by molar-refractivity contribution is -0.153. The summed E-state index contributed by atoms with van der Waals surface area (Å²) < 4.78 is 10.5. The summed E-state index contributed by atoms with van der Waals surface area (Å²) in [5.74, 6) is -1.93. The Morgan fingerprint density at radius 2 is 1.68 bits per heavy atom. The van der Waals surface area contributed by atoms with Crippen LogP contribution in [-0.4, -0.2) is 54.6 Å². The molecule has 0 aliphatic carbocycles. The van der Waals surface area contributed by atoms with Crippen LogP contribution in [0.5, 0.6) is 0 Å². The zero-order valence-corrected chi connectivity index (χ0v) is 21.9. The summed E-state index contributed by atoms with van der Waals surface area (Å²) >= 11 is 0. The number of benzene rings is 2. The number of anilines is 1. The SMILES string of the molecule is CCOC(=O)[C@@H]1Cc2ccccc2N1C(=O)[C@@H](NC(=O)[C@H](C)NCC(=O)OC(C)(C)C)c1ccccc1. The van der Waals surface area contributed by atoms with Crippen molar-refractivity contribution >= 4 is 29.4 Å². The molecule has 1 aliphatic heterocycles. The number of carbonyl (C=O) groups is 4. The Bertz CT molecular complexity index is 1130. The van der Waals surface area contributed by atoms with Gasteiger partial charge in [0.15, 0.2) is 0 Å². The highest BCUT2D eigenvalue weighted by Crippen LogP contribution is 2.35. The summed E-state index contributed by atoms with van der Waals surface area (Å²) in [5, 5.41) is 5.65. The normalized spacial score (nSPS) is 16.4. The number of fused-ring (bicyclic) bond motifs is 1. The Balaban J connectivity index is 1.84. The van der Waals surface area contributed by atoms with Gasteiger partial charge in [-0.2, -0.15) is 0 Å². The Hall–Kier alpha value is -3.72. The zero-order chi connectivity index (χ0) is 27.2. The van der Waals surface area contributed by atoms with Crippen molar-refractivity contribution in [1.82, 2.24) is 10.6 Å². The summed E-state index contributed by atoms with van der Waals surface area (Å²) in [4.78, 5) is 53.4. The van der Waals surface area contributed by atoms with Gasteiger partial charge in [-0.25, -0.2) is 4.79 Å². The smallest absolute Gasteiger partial charge is 0.329 e. The molecule has 2 amide bonds. The number of ether oxygens (including phenoxy) is 2. The van der Waals surface area contributed by atoms with Crippen molar-refractivity contribution in [2.75, 3.05) is 18.1 Å². The lowest BCUT2D eigenvalue weighted by atomic mass is 10.0. The maximum absolute atomic E-state index is 14.0. The molecule has 0 aromatic heterocycles. The monoisotopic (exact) mass is 509 g/mol. The summed E-state index contributed by atoms with van der Waals surface area (Å²) in [6.45, 7) is 8.61. The molecule has 0 radical (unpaired) electrons. The van der Waals surface area contributed by atoms with Gasteiger partial charge < -0.3 is 14.8 Å². The predicted molar refractivity (Wildman–Crippen MR) is 139 cm³/mol. The fourth-order valence-electron chi connectivity index (χ4n) is 4.13. The molecule has 3 rings (SSSR count).